The van der Waals surface area contributed by atoms with Crippen LogP contribution in [-0.4, -0.2) is 63.5 Å². The first-order valence-corrected chi connectivity index (χ1v) is 13.5. The molecule has 1 fully saturated rings. The minimum absolute atomic E-state index is 0.0653. The number of ether oxygens (including phenoxy) is 1. The van der Waals surface area contributed by atoms with E-state index in [9.17, 15) is 9.59 Å². The summed E-state index contributed by atoms with van der Waals surface area (Å²) in [6, 6.07) is 5.74. The summed E-state index contributed by atoms with van der Waals surface area (Å²) in [5, 5.41) is 4.14. The number of Topliss-reactive ketones (excluding diaryl/α,β-unsaturated/α-hetero) is 1. The number of carbonyl (C=O) groups excluding carboxylic acids is 2. The Kier molecular flexibility index (Phi) is 7.92. The van der Waals surface area contributed by atoms with E-state index in [-0.39, 0.29) is 17.3 Å². The molecule has 2 aromatic heterocycles. The normalized spacial score (nSPS) is 14.5. The molecule has 0 saturated carbocycles. The third kappa shape index (κ3) is 6.78. The van der Waals surface area contributed by atoms with Gasteiger partial charge in [0, 0.05) is 42.2 Å². The van der Waals surface area contributed by atoms with Crippen LogP contribution in [0.15, 0.2) is 41.3 Å². The largest absolute Gasteiger partial charge is 0.443 e. The number of aromatic nitrogens is 3. The van der Waals surface area contributed by atoms with Crippen LogP contribution in [0.1, 0.15) is 58.3 Å². The van der Waals surface area contributed by atoms with Crippen LogP contribution in [0.2, 0.25) is 0 Å². The first-order valence-electron chi connectivity index (χ1n) is 12.7. The number of rotatable bonds is 6. The molecule has 1 aliphatic rings. The number of hydrogen-bond donors (Lipinski definition) is 1. The van der Waals surface area contributed by atoms with Crippen LogP contribution < -0.4 is 10.2 Å². The summed E-state index contributed by atoms with van der Waals surface area (Å²) in [6.45, 7) is 14.2. The van der Waals surface area contributed by atoms with E-state index >= 15 is 0 Å². The number of carbonyl (C=O) groups is 2. The van der Waals surface area contributed by atoms with Gasteiger partial charge in [0.25, 0.3) is 0 Å². The van der Waals surface area contributed by atoms with Gasteiger partial charge in [-0.3, -0.25) is 9.78 Å². The molecule has 1 aliphatic heterocycles. The zero-order valence-electron chi connectivity index (χ0n) is 22.8. The lowest BCUT2D eigenvalue weighted by atomic mass is 9.84. The molecule has 3 aromatic rings. The molecular weight excluding hydrogens is 548 g/mol. The Bertz CT molecular complexity index is 1330. The number of pyridine rings is 1. The van der Waals surface area contributed by atoms with E-state index in [2.05, 4.69) is 57.0 Å². The fourth-order valence-electron chi connectivity index (χ4n) is 4.96. The van der Waals surface area contributed by atoms with Gasteiger partial charge in [-0.05, 0) is 50.8 Å². The van der Waals surface area contributed by atoms with E-state index in [1.807, 2.05) is 36.9 Å². The first-order chi connectivity index (χ1) is 17.8. The average molecular weight is 584 g/mol. The van der Waals surface area contributed by atoms with Crippen molar-refractivity contribution in [1.82, 2.24) is 19.9 Å². The van der Waals surface area contributed by atoms with Gasteiger partial charge >= 0.3 is 6.09 Å². The van der Waals surface area contributed by atoms with Crippen LogP contribution >= 0.6 is 15.9 Å². The minimum Gasteiger partial charge on any atom is -0.443 e. The monoisotopic (exact) mass is 582 g/mol. The molecule has 1 aromatic carbocycles. The molecule has 9 nitrogen and oxygen atoms in total. The number of nitrogens with one attached hydrogen (secondary N) is 1. The molecule has 38 heavy (non-hydrogen) atoms. The SMILES string of the molecule is CC(=O)c1cnc2ccc(Br)cc2c1Nc1cnc(N2CCN(C(=O)OC(C)(C)CC(C)(C)C)CC2)nc1. The van der Waals surface area contributed by atoms with E-state index in [1.165, 1.54) is 6.92 Å². The van der Waals surface area contributed by atoms with Crippen LogP contribution in [0.5, 0.6) is 0 Å². The maximum absolute atomic E-state index is 12.8. The molecule has 0 aliphatic carbocycles. The molecule has 1 saturated heterocycles. The molecule has 3 heterocycles. The Morgan fingerprint density at radius 1 is 1.00 bits per heavy atom. The summed E-state index contributed by atoms with van der Waals surface area (Å²) in [4.78, 5) is 42.4. The molecule has 0 unspecified atom stereocenters. The molecule has 1 N–H and O–H groups in total. The van der Waals surface area contributed by atoms with Crippen LogP contribution in [0, 0.1) is 5.41 Å². The number of anilines is 3. The zero-order chi connectivity index (χ0) is 27.7. The Labute approximate surface area is 232 Å². The van der Waals surface area contributed by atoms with Crippen molar-refractivity contribution in [2.24, 2.45) is 5.41 Å². The first kappa shape index (κ1) is 27.8. The molecule has 10 heteroatoms. The van der Waals surface area contributed by atoms with Crippen LogP contribution in [0.4, 0.5) is 22.1 Å². The lowest BCUT2D eigenvalue weighted by Crippen LogP contribution is -2.51. The summed E-state index contributed by atoms with van der Waals surface area (Å²) in [7, 11) is 0. The van der Waals surface area contributed by atoms with Crippen LogP contribution in [0.25, 0.3) is 10.9 Å². The van der Waals surface area contributed by atoms with E-state index in [0.29, 0.717) is 49.1 Å². The van der Waals surface area contributed by atoms with Gasteiger partial charge in [-0.25, -0.2) is 14.8 Å². The third-order valence-corrected chi connectivity index (χ3v) is 6.75. The van der Waals surface area contributed by atoms with Gasteiger partial charge in [0.1, 0.15) is 5.60 Å². The number of amides is 1. The summed E-state index contributed by atoms with van der Waals surface area (Å²) >= 11 is 3.50. The molecule has 0 atom stereocenters. The number of fused-ring (bicyclic) bond motifs is 1. The molecule has 202 valence electrons. The number of hydrogen-bond acceptors (Lipinski definition) is 8. The highest BCUT2D eigenvalue weighted by Crippen LogP contribution is 2.32. The fourth-order valence-corrected chi connectivity index (χ4v) is 5.32. The van der Waals surface area contributed by atoms with Crippen LogP contribution in [-0.2, 0) is 4.74 Å². The van der Waals surface area contributed by atoms with Crippen molar-refractivity contribution in [3.63, 3.8) is 0 Å². The summed E-state index contributed by atoms with van der Waals surface area (Å²) in [5.41, 5.74) is 2.13. The number of benzene rings is 1. The van der Waals surface area contributed by atoms with Gasteiger partial charge in [-0.15, -0.1) is 0 Å². The highest BCUT2D eigenvalue weighted by Gasteiger charge is 2.32. The zero-order valence-corrected chi connectivity index (χ0v) is 24.4. The molecular formula is C28H35BrN6O3. The predicted octanol–water partition coefficient (Wildman–Crippen LogP) is 6.21. The van der Waals surface area contributed by atoms with Crippen LogP contribution in [0.3, 0.4) is 0 Å². The maximum atomic E-state index is 12.8. The fraction of sp³-hybridized carbons (Fsp3) is 0.464. The molecule has 0 spiro atoms. The highest BCUT2D eigenvalue weighted by atomic mass is 79.9. The quantitative estimate of drug-likeness (QED) is 0.342. The number of ketones is 1. The molecule has 1 amide bonds. The second-order valence-corrected chi connectivity index (χ2v) is 12.4. The Morgan fingerprint density at radius 3 is 2.26 bits per heavy atom. The Balaban J connectivity index is 1.41. The Morgan fingerprint density at radius 2 is 1.66 bits per heavy atom. The van der Waals surface area contributed by atoms with Gasteiger partial charge in [-0.2, -0.15) is 0 Å². The standard InChI is InChI=1S/C28H35BrN6O3/c1-18(36)22-16-30-23-8-7-19(29)13-21(23)24(22)33-20-14-31-25(32-15-20)34-9-11-35(12-10-34)26(37)38-28(5,6)17-27(2,3)4/h7-8,13-16H,9-12,17H2,1-6H3,(H,30,33). The van der Waals surface area contributed by atoms with Gasteiger partial charge in [-0.1, -0.05) is 36.7 Å². The van der Waals surface area contributed by atoms with E-state index < -0.39 is 5.60 Å². The smallest absolute Gasteiger partial charge is 0.410 e. The second kappa shape index (κ2) is 10.8. The van der Waals surface area contributed by atoms with Crippen molar-refractivity contribution >= 4 is 56.0 Å². The number of nitrogens with zero attached hydrogens (tertiary/aromatic N) is 5. The van der Waals surface area contributed by atoms with Crippen molar-refractivity contribution in [1.29, 1.82) is 0 Å². The Hall–Kier alpha value is -3.27. The molecule has 0 radical (unpaired) electrons. The minimum atomic E-state index is -0.531. The average Bonchev–Trinajstić information content (AvgIpc) is 2.83. The topological polar surface area (TPSA) is 101 Å². The lowest BCUT2D eigenvalue weighted by Gasteiger charge is -2.37. The summed E-state index contributed by atoms with van der Waals surface area (Å²) in [6.07, 6.45) is 5.49. The van der Waals surface area contributed by atoms with Crippen molar-refractivity contribution < 1.29 is 14.3 Å². The molecule has 0 bridgehead atoms. The third-order valence-electron chi connectivity index (χ3n) is 6.26. The molecule has 4 rings (SSSR count). The maximum Gasteiger partial charge on any atom is 0.410 e. The lowest BCUT2D eigenvalue weighted by molar-refractivity contribution is -0.0104. The number of piperazine rings is 1. The predicted molar refractivity (Wildman–Crippen MR) is 153 cm³/mol. The summed E-state index contributed by atoms with van der Waals surface area (Å²) < 4.78 is 6.72. The van der Waals surface area contributed by atoms with Gasteiger partial charge in [0.2, 0.25) is 5.95 Å². The van der Waals surface area contributed by atoms with Crippen molar-refractivity contribution in [3.8, 4) is 0 Å². The van der Waals surface area contributed by atoms with Crippen molar-refractivity contribution in [2.45, 2.75) is 53.6 Å². The van der Waals surface area contributed by atoms with Gasteiger partial charge < -0.3 is 19.9 Å². The van der Waals surface area contributed by atoms with E-state index in [4.69, 9.17) is 4.74 Å². The number of halogens is 1. The van der Waals surface area contributed by atoms with Crippen molar-refractivity contribution in [2.75, 3.05) is 36.4 Å². The second-order valence-electron chi connectivity index (χ2n) is 11.5. The van der Waals surface area contributed by atoms with E-state index in [0.717, 1.165) is 21.8 Å². The van der Waals surface area contributed by atoms with Crippen molar-refractivity contribution in [3.05, 3.63) is 46.8 Å². The summed E-state index contributed by atoms with van der Waals surface area (Å²) in [5.74, 6) is 0.503. The highest BCUT2D eigenvalue weighted by molar-refractivity contribution is 9.10. The van der Waals surface area contributed by atoms with Gasteiger partial charge in [0.05, 0.1) is 34.8 Å². The van der Waals surface area contributed by atoms with E-state index in [1.54, 1.807) is 23.5 Å². The van der Waals surface area contributed by atoms with Gasteiger partial charge in [0.15, 0.2) is 5.78 Å².